The van der Waals surface area contributed by atoms with Gasteiger partial charge in [0.2, 0.25) is 0 Å². The molecule has 2 N–H and O–H groups in total. The van der Waals surface area contributed by atoms with E-state index < -0.39 is 5.60 Å². The van der Waals surface area contributed by atoms with Crippen LogP contribution >= 0.6 is 0 Å². The van der Waals surface area contributed by atoms with Gasteiger partial charge in [-0.05, 0) is 70.2 Å². The minimum Gasteiger partial charge on any atom is -0.460 e. The standard InChI is InChI=1S/C26H33N3O3/c1-5-20(27)24-28-21-16-11-13-18(12-9-10-17-22(30)32-26(2,3)4)23(21)25(31)29(24)19-14-7-6-8-15-19/h6-8,11,13-16,20H,5,9-10,12,17,27H2,1-4H3/t20-/m0/s1. The lowest BCUT2D eigenvalue weighted by molar-refractivity contribution is -0.154. The van der Waals surface area contributed by atoms with Gasteiger partial charge < -0.3 is 10.5 Å². The van der Waals surface area contributed by atoms with Gasteiger partial charge in [0.1, 0.15) is 11.4 Å². The zero-order chi connectivity index (χ0) is 23.3. The summed E-state index contributed by atoms with van der Waals surface area (Å²) >= 11 is 0. The van der Waals surface area contributed by atoms with Gasteiger partial charge >= 0.3 is 5.97 Å². The van der Waals surface area contributed by atoms with Crippen LogP contribution in [0.2, 0.25) is 0 Å². The van der Waals surface area contributed by atoms with Crippen molar-refractivity contribution in [3.8, 4) is 5.69 Å². The average Bonchev–Trinajstić information content (AvgIpc) is 2.75. The molecule has 2 aromatic carbocycles. The molecule has 0 aliphatic heterocycles. The third-order valence-electron chi connectivity index (χ3n) is 5.29. The van der Waals surface area contributed by atoms with Crippen LogP contribution in [0.15, 0.2) is 53.3 Å². The number of hydrogen-bond donors (Lipinski definition) is 1. The molecular weight excluding hydrogens is 402 g/mol. The number of nitrogens with two attached hydrogens (primary N) is 1. The lowest BCUT2D eigenvalue weighted by Gasteiger charge is -2.19. The lowest BCUT2D eigenvalue weighted by Crippen LogP contribution is -2.29. The number of para-hydroxylation sites is 1. The van der Waals surface area contributed by atoms with E-state index >= 15 is 0 Å². The average molecular weight is 436 g/mol. The fourth-order valence-corrected chi connectivity index (χ4v) is 3.76. The Morgan fingerprint density at radius 2 is 1.81 bits per heavy atom. The molecule has 32 heavy (non-hydrogen) atoms. The third-order valence-corrected chi connectivity index (χ3v) is 5.29. The second-order valence-electron chi connectivity index (χ2n) is 9.07. The first kappa shape index (κ1) is 23.7. The summed E-state index contributed by atoms with van der Waals surface area (Å²) in [5, 5.41) is 0.612. The molecule has 0 saturated carbocycles. The number of carbonyl (C=O) groups excluding carboxylic acids is 1. The molecule has 6 nitrogen and oxygen atoms in total. The van der Waals surface area contributed by atoms with Gasteiger partial charge in [-0.2, -0.15) is 0 Å². The van der Waals surface area contributed by atoms with Crippen LogP contribution < -0.4 is 11.3 Å². The van der Waals surface area contributed by atoms with Crippen LogP contribution in [0.1, 0.15) is 70.8 Å². The fourth-order valence-electron chi connectivity index (χ4n) is 3.76. The van der Waals surface area contributed by atoms with E-state index in [-0.39, 0.29) is 17.6 Å². The molecule has 0 radical (unpaired) electrons. The van der Waals surface area contributed by atoms with Crippen molar-refractivity contribution in [3.63, 3.8) is 0 Å². The highest BCUT2D eigenvalue weighted by molar-refractivity contribution is 5.82. The highest BCUT2D eigenvalue weighted by atomic mass is 16.6. The molecule has 0 bridgehead atoms. The summed E-state index contributed by atoms with van der Waals surface area (Å²) in [4.78, 5) is 30.5. The molecule has 3 aromatic rings. The Bertz CT molecular complexity index is 1130. The summed E-state index contributed by atoms with van der Waals surface area (Å²) in [6.07, 6.45) is 3.20. The van der Waals surface area contributed by atoms with Gasteiger partial charge in [-0.25, -0.2) is 4.98 Å². The van der Waals surface area contributed by atoms with Crippen molar-refractivity contribution in [1.82, 2.24) is 9.55 Å². The van der Waals surface area contributed by atoms with Crippen molar-refractivity contribution >= 4 is 16.9 Å². The van der Waals surface area contributed by atoms with Crippen LogP contribution in [0.5, 0.6) is 0 Å². The second kappa shape index (κ2) is 10.1. The number of nitrogens with zero attached hydrogens (tertiary/aromatic N) is 2. The molecule has 6 heteroatoms. The quantitative estimate of drug-likeness (QED) is 0.404. The summed E-state index contributed by atoms with van der Waals surface area (Å²) in [7, 11) is 0. The number of hydrogen-bond acceptors (Lipinski definition) is 5. The van der Waals surface area contributed by atoms with E-state index in [9.17, 15) is 9.59 Å². The van der Waals surface area contributed by atoms with Crippen molar-refractivity contribution in [2.24, 2.45) is 5.73 Å². The molecule has 1 heterocycles. The minimum absolute atomic E-state index is 0.108. The Labute approximate surface area is 189 Å². The molecule has 1 aromatic heterocycles. The highest BCUT2D eigenvalue weighted by Gasteiger charge is 2.19. The van der Waals surface area contributed by atoms with Crippen molar-refractivity contribution in [2.75, 3.05) is 0 Å². The van der Waals surface area contributed by atoms with Gasteiger partial charge in [0.25, 0.3) is 5.56 Å². The number of carbonyl (C=O) groups is 1. The Morgan fingerprint density at radius 3 is 2.47 bits per heavy atom. The van der Waals surface area contributed by atoms with Crippen molar-refractivity contribution in [1.29, 1.82) is 0 Å². The van der Waals surface area contributed by atoms with E-state index in [4.69, 9.17) is 15.5 Å². The number of ether oxygens (including phenoxy) is 1. The van der Waals surface area contributed by atoms with E-state index in [1.165, 1.54) is 0 Å². The molecule has 170 valence electrons. The predicted molar refractivity (Wildman–Crippen MR) is 128 cm³/mol. The first-order valence-electron chi connectivity index (χ1n) is 11.3. The first-order chi connectivity index (χ1) is 15.2. The van der Waals surface area contributed by atoms with Crippen LogP contribution in [0.25, 0.3) is 16.6 Å². The lowest BCUT2D eigenvalue weighted by atomic mass is 10.0. The summed E-state index contributed by atoms with van der Waals surface area (Å²) in [5.74, 6) is 0.375. The largest absolute Gasteiger partial charge is 0.460 e. The Hall–Kier alpha value is -2.99. The van der Waals surface area contributed by atoms with Crippen LogP contribution in [0.4, 0.5) is 0 Å². The molecule has 0 amide bonds. The third kappa shape index (κ3) is 5.62. The summed E-state index contributed by atoms with van der Waals surface area (Å²) in [5.41, 5.74) is 8.10. The molecule has 0 aliphatic rings. The molecule has 3 rings (SSSR count). The number of esters is 1. The van der Waals surface area contributed by atoms with Crippen LogP contribution in [-0.4, -0.2) is 21.1 Å². The van der Waals surface area contributed by atoms with E-state index in [2.05, 4.69) is 0 Å². The summed E-state index contributed by atoms with van der Waals surface area (Å²) in [6, 6.07) is 14.9. The summed E-state index contributed by atoms with van der Waals surface area (Å²) < 4.78 is 7.02. The van der Waals surface area contributed by atoms with Crippen LogP contribution in [0, 0.1) is 0 Å². The van der Waals surface area contributed by atoms with E-state index in [1.807, 2.05) is 76.2 Å². The maximum Gasteiger partial charge on any atom is 0.306 e. The second-order valence-corrected chi connectivity index (χ2v) is 9.07. The number of benzene rings is 2. The smallest absolute Gasteiger partial charge is 0.306 e. The molecule has 0 spiro atoms. The van der Waals surface area contributed by atoms with E-state index in [0.717, 1.165) is 17.7 Å². The molecule has 1 atom stereocenters. The Morgan fingerprint density at radius 1 is 1.09 bits per heavy atom. The zero-order valence-corrected chi connectivity index (χ0v) is 19.4. The van der Waals surface area contributed by atoms with Gasteiger partial charge in [-0.15, -0.1) is 0 Å². The highest BCUT2D eigenvalue weighted by Crippen LogP contribution is 2.22. The SMILES string of the molecule is CC[C@H](N)c1nc2cccc(CCCCC(=O)OC(C)(C)C)c2c(=O)n1-c1ccccc1. The molecule has 0 unspecified atom stereocenters. The van der Waals surface area contributed by atoms with Gasteiger partial charge in [-0.1, -0.05) is 37.3 Å². The van der Waals surface area contributed by atoms with Gasteiger partial charge in [-0.3, -0.25) is 14.2 Å². The van der Waals surface area contributed by atoms with E-state index in [0.29, 0.717) is 42.4 Å². The van der Waals surface area contributed by atoms with Gasteiger partial charge in [0.15, 0.2) is 0 Å². The number of fused-ring (bicyclic) bond motifs is 1. The van der Waals surface area contributed by atoms with Gasteiger partial charge in [0, 0.05) is 6.42 Å². The minimum atomic E-state index is -0.474. The molecule has 0 aliphatic carbocycles. The molecule has 0 fully saturated rings. The monoisotopic (exact) mass is 435 g/mol. The van der Waals surface area contributed by atoms with Crippen molar-refractivity contribution in [3.05, 3.63) is 70.3 Å². The fraction of sp³-hybridized carbons (Fsp3) is 0.423. The van der Waals surface area contributed by atoms with E-state index in [1.54, 1.807) is 4.57 Å². The van der Waals surface area contributed by atoms with Crippen molar-refractivity contribution < 1.29 is 9.53 Å². The maximum atomic E-state index is 13.7. The topological polar surface area (TPSA) is 87.2 Å². The van der Waals surface area contributed by atoms with Crippen molar-refractivity contribution in [2.45, 2.75) is 71.4 Å². The number of unbranched alkanes of at least 4 members (excludes halogenated alkanes) is 1. The molecular formula is C26H33N3O3. The summed E-state index contributed by atoms with van der Waals surface area (Å²) in [6.45, 7) is 7.58. The predicted octanol–water partition coefficient (Wildman–Crippen LogP) is 4.85. The number of aryl methyl sites for hydroxylation is 1. The number of rotatable bonds is 8. The van der Waals surface area contributed by atoms with Crippen LogP contribution in [0.3, 0.4) is 0 Å². The first-order valence-corrected chi connectivity index (χ1v) is 11.3. The zero-order valence-electron chi connectivity index (χ0n) is 19.4. The van der Waals surface area contributed by atoms with Gasteiger partial charge in [0.05, 0.1) is 22.6 Å². The molecule has 0 saturated heterocycles. The Balaban J connectivity index is 1.92. The maximum absolute atomic E-state index is 13.7. The Kier molecular flexibility index (Phi) is 7.46. The van der Waals surface area contributed by atoms with Crippen LogP contribution in [-0.2, 0) is 16.0 Å². The normalized spacial score (nSPS) is 12.7. The number of aromatic nitrogens is 2.